The summed E-state index contributed by atoms with van der Waals surface area (Å²) in [5.74, 6) is -1.62. The van der Waals surface area contributed by atoms with Crippen molar-refractivity contribution in [1.29, 1.82) is 0 Å². The van der Waals surface area contributed by atoms with Gasteiger partial charge in [-0.05, 0) is 54.8 Å². The van der Waals surface area contributed by atoms with E-state index in [4.69, 9.17) is 0 Å². The summed E-state index contributed by atoms with van der Waals surface area (Å²) in [4.78, 5) is 14.0. The molecule has 0 unspecified atom stereocenters. The molecule has 2 aromatic rings. The van der Waals surface area contributed by atoms with Crippen LogP contribution in [0.4, 0.5) is 30.2 Å². The summed E-state index contributed by atoms with van der Waals surface area (Å²) < 4.78 is 38.5. The Kier molecular flexibility index (Phi) is 6.57. The fourth-order valence-electron chi connectivity index (χ4n) is 4.01. The molecule has 4 rings (SSSR count). The number of carbonyl (C=O) groups excluding carboxylic acids is 1. The van der Waals surface area contributed by atoms with E-state index in [1.165, 1.54) is 0 Å². The second-order valence-corrected chi connectivity index (χ2v) is 8.42. The van der Waals surface area contributed by atoms with E-state index in [2.05, 4.69) is 10.6 Å². The SMILES string of the molecule is O=C(C1CNC1)N(O)Cc1ccc(Nc2ccc(N3CCC(C(F)(F)F)CC3)cc2)cc1. The van der Waals surface area contributed by atoms with Crippen molar-refractivity contribution in [2.75, 3.05) is 36.4 Å². The van der Waals surface area contributed by atoms with E-state index in [0.29, 0.717) is 26.2 Å². The molecular formula is C23H27F3N4O2. The Morgan fingerprint density at radius 2 is 1.59 bits per heavy atom. The molecule has 0 spiro atoms. The molecule has 2 heterocycles. The lowest BCUT2D eigenvalue weighted by molar-refractivity contribution is -0.179. The van der Waals surface area contributed by atoms with Gasteiger partial charge in [0.2, 0.25) is 0 Å². The number of rotatable bonds is 6. The van der Waals surface area contributed by atoms with Crippen LogP contribution in [0.15, 0.2) is 48.5 Å². The highest BCUT2D eigenvalue weighted by Crippen LogP contribution is 2.35. The van der Waals surface area contributed by atoms with E-state index in [1.807, 2.05) is 53.4 Å². The summed E-state index contributed by atoms with van der Waals surface area (Å²) in [6.07, 6.45) is -3.84. The van der Waals surface area contributed by atoms with Crippen LogP contribution in [0.25, 0.3) is 0 Å². The van der Waals surface area contributed by atoms with E-state index in [0.717, 1.165) is 27.7 Å². The lowest BCUT2D eigenvalue weighted by Crippen LogP contribution is -2.51. The number of hydroxylamine groups is 2. The predicted octanol–water partition coefficient (Wildman–Crippen LogP) is 4.15. The van der Waals surface area contributed by atoms with Gasteiger partial charge in [-0.25, -0.2) is 5.06 Å². The van der Waals surface area contributed by atoms with Gasteiger partial charge in [0.05, 0.1) is 18.4 Å². The number of piperidine rings is 1. The highest BCUT2D eigenvalue weighted by molar-refractivity contribution is 5.79. The van der Waals surface area contributed by atoms with Crippen LogP contribution in [0.3, 0.4) is 0 Å². The average Bonchev–Trinajstić information content (AvgIpc) is 2.74. The zero-order chi connectivity index (χ0) is 22.7. The van der Waals surface area contributed by atoms with Gasteiger partial charge in [0.15, 0.2) is 0 Å². The van der Waals surface area contributed by atoms with Gasteiger partial charge < -0.3 is 15.5 Å². The molecule has 0 aliphatic carbocycles. The Hall–Kier alpha value is -2.78. The second-order valence-electron chi connectivity index (χ2n) is 8.42. The fourth-order valence-corrected chi connectivity index (χ4v) is 4.01. The predicted molar refractivity (Wildman–Crippen MR) is 116 cm³/mol. The molecule has 2 aliphatic rings. The molecule has 32 heavy (non-hydrogen) atoms. The normalized spacial score (nSPS) is 17.7. The van der Waals surface area contributed by atoms with Crippen LogP contribution in [-0.2, 0) is 11.3 Å². The Balaban J connectivity index is 1.28. The zero-order valence-electron chi connectivity index (χ0n) is 17.6. The van der Waals surface area contributed by atoms with Gasteiger partial charge in [-0.1, -0.05) is 12.1 Å². The Bertz CT molecular complexity index is 906. The summed E-state index contributed by atoms with van der Waals surface area (Å²) in [6.45, 7) is 2.14. The molecule has 9 heteroatoms. The maximum Gasteiger partial charge on any atom is 0.391 e. The lowest BCUT2D eigenvalue weighted by atomic mass is 9.96. The molecule has 0 aromatic heterocycles. The largest absolute Gasteiger partial charge is 0.391 e. The highest BCUT2D eigenvalue weighted by Gasteiger charge is 2.41. The molecular weight excluding hydrogens is 421 g/mol. The first-order chi connectivity index (χ1) is 15.3. The molecule has 2 aromatic carbocycles. The first kappa shape index (κ1) is 22.4. The van der Waals surface area contributed by atoms with Gasteiger partial charge in [0, 0.05) is 43.2 Å². The Labute approximate surface area is 185 Å². The molecule has 2 saturated heterocycles. The monoisotopic (exact) mass is 448 g/mol. The van der Waals surface area contributed by atoms with Crippen molar-refractivity contribution in [3.8, 4) is 0 Å². The van der Waals surface area contributed by atoms with Crippen LogP contribution >= 0.6 is 0 Å². The summed E-state index contributed by atoms with van der Waals surface area (Å²) in [5.41, 5.74) is 3.45. The minimum absolute atomic E-state index is 0.129. The number of carbonyl (C=O) groups is 1. The minimum atomic E-state index is -4.10. The molecule has 0 radical (unpaired) electrons. The third kappa shape index (κ3) is 5.34. The quantitative estimate of drug-likeness (QED) is 0.458. The zero-order valence-corrected chi connectivity index (χ0v) is 17.6. The van der Waals surface area contributed by atoms with E-state index in [-0.39, 0.29) is 31.2 Å². The van der Waals surface area contributed by atoms with Crippen molar-refractivity contribution >= 4 is 23.0 Å². The summed E-state index contributed by atoms with van der Waals surface area (Å²) >= 11 is 0. The first-order valence-electron chi connectivity index (χ1n) is 10.8. The fraction of sp³-hybridized carbons (Fsp3) is 0.435. The number of nitrogens with zero attached hydrogens (tertiary/aromatic N) is 2. The number of anilines is 3. The van der Waals surface area contributed by atoms with E-state index in [9.17, 15) is 23.2 Å². The third-order valence-corrected chi connectivity index (χ3v) is 6.15. The van der Waals surface area contributed by atoms with Crippen molar-refractivity contribution in [3.05, 3.63) is 54.1 Å². The Morgan fingerprint density at radius 3 is 2.09 bits per heavy atom. The standard InChI is InChI=1S/C23H27F3N4O2/c24-23(25,26)18-9-11-29(12-10-18)21-7-5-20(6-8-21)28-19-3-1-16(2-4-19)15-30(32)22(31)17-13-27-14-17/h1-8,17-18,27-28,32H,9-15H2. The molecule has 172 valence electrons. The molecule has 2 aliphatic heterocycles. The maximum absolute atomic E-state index is 12.8. The van der Waals surface area contributed by atoms with Crippen LogP contribution in [0.2, 0.25) is 0 Å². The van der Waals surface area contributed by atoms with Crippen molar-refractivity contribution < 1.29 is 23.2 Å². The highest BCUT2D eigenvalue weighted by atomic mass is 19.4. The number of hydrogen-bond donors (Lipinski definition) is 3. The summed E-state index contributed by atoms with van der Waals surface area (Å²) in [6, 6.07) is 15.1. The number of halogens is 3. The van der Waals surface area contributed by atoms with Crippen molar-refractivity contribution in [3.63, 3.8) is 0 Å². The number of nitrogens with one attached hydrogen (secondary N) is 2. The topological polar surface area (TPSA) is 67.8 Å². The first-order valence-corrected chi connectivity index (χ1v) is 10.8. The molecule has 6 nitrogen and oxygen atoms in total. The van der Waals surface area contributed by atoms with Gasteiger partial charge in [-0.2, -0.15) is 13.2 Å². The second kappa shape index (κ2) is 9.38. The van der Waals surface area contributed by atoms with Crippen LogP contribution in [0.1, 0.15) is 18.4 Å². The average molecular weight is 448 g/mol. The third-order valence-electron chi connectivity index (χ3n) is 6.15. The van der Waals surface area contributed by atoms with Crippen LogP contribution in [0.5, 0.6) is 0 Å². The minimum Gasteiger partial charge on any atom is -0.372 e. The number of hydrogen-bond acceptors (Lipinski definition) is 5. The lowest BCUT2D eigenvalue weighted by Gasteiger charge is -2.34. The number of alkyl halides is 3. The van der Waals surface area contributed by atoms with E-state index in [1.54, 1.807) is 0 Å². The molecule has 0 atom stereocenters. The molecule has 0 saturated carbocycles. The summed E-state index contributed by atoms with van der Waals surface area (Å²) in [7, 11) is 0. The maximum atomic E-state index is 12.8. The Morgan fingerprint density at radius 1 is 1.03 bits per heavy atom. The molecule has 3 N–H and O–H groups in total. The smallest absolute Gasteiger partial charge is 0.372 e. The van der Waals surface area contributed by atoms with Crippen LogP contribution in [0, 0.1) is 11.8 Å². The molecule has 0 bridgehead atoms. The number of amides is 1. The number of benzene rings is 2. The van der Waals surface area contributed by atoms with Crippen LogP contribution < -0.4 is 15.5 Å². The van der Waals surface area contributed by atoms with E-state index < -0.39 is 12.1 Å². The van der Waals surface area contributed by atoms with Crippen LogP contribution in [-0.4, -0.2) is 48.5 Å². The van der Waals surface area contributed by atoms with Gasteiger partial charge in [-0.15, -0.1) is 0 Å². The molecule has 2 fully saturated rings. The van der Waals surface area contributed by atoms with Gasteiger partial charge in [-0.3, -0.25) is 10.0 Å². The van der Waals surface area contributed by atoms with E-state index >= 15 is 0 Å². The molecule has 1 amide bonds. The van der Waals surface area contributed by atoms with Gasteiger partial charge in [0.1, 0.15) is 0 Å². The van der Waals surface area contributed by atoms with Gasteiger partial charge >= 0.3 is 6.18 Å². The van der Waals surface area contributed by atoms with Crippen molar-refractivity contribution in [2.24, 2.45) is 11.8 Å². The van der Waals surface area contributed by atoms with Crippen molar-refractivity contribution in [1.82, 2.24) is 10.4 Å². The van der Waals surface area contributed by atoms with Crippen molar-refractivity contribution in [2.45, 2.75) is 25.6 Å². The summed E-state index contributed by atoms with van der Waals surface area (Å²) in [5, 5.41) is 17.0. The van der Waals surface area contributed by atoms with Gasteiger partial charge in [0.25, 0.3) is 5.91 Å².